The number of hydrogen-bond donors (Lipinski definition) is 1. The number of H-pyrrole nitrogens is 1. The summed E-state index contributed by atoms with van der Waals surface area (Å²) in [6.45, 7) is 4.09. The molecule has 0 spiro atoms. The van der Waals surface area contributed by atoms with Crippen LogP contribution < -0.4 is 4.90 Å². The minimum absolute atomic E-state index is 0.890. The summed E-state index contributed by atoms with van der Waals surface area (Å²) in [5.41, 5.74) is 6.11. The Morgan fingerprint density at radius 1 is 0.735 bits per heavy atom. The van der Waals surface area contributed by atoms with Gasteiger partial charge in [-0.2, -0.15) is 0 Å². The normalized spacial score (nSPS) is 15.3. The quantitative estimate of drug-likeness (QED) is 0.394. The summed E-state index contributed by atoms with van der Waals surface area (Å²) < 4.78 is 2.32. The van der Waals surface area contributed by atoms with Crippen molar-refractivity contribution >= 4 is 49.6 Å². The average molecular weight is 448 g/mol. The number of benzene rings is 2. The summed E-state index contributed by atoms with van der Waals surface area (Å²) in [5, 5.41) is 3.28. The highest BCUT2D eigenvalue weighted by Gasteiger charge is 2.26. The first-order chi connectivity index (χ1) is 16.7. The number of nitrogens with one attached hydrogen (secondary N) is 1. The van der Waals surface area contributed by atoms with Crippen LogP contribution in [0.25, 0.3) is 55.1 Å². The van der Waals surface area contributed by atoms with Gasteiger partial charge in [-0.05, 0) is 37.4 Å². The number of aromatic amines is 1. The molecule has 168 valence electrons. The Kier molecular flexibility index (Phi) is 4.17. The van der Waals surface area contributed by atoms with Crippen LogP contribution in [0, 0.1) is 0 Å². The van der Waals surface area contributed by atoms with Gasteiger partial charge >= 0.3 is 0 Å². The Labute approximate surface area is 196 Å². The molecular formula is C27H25N7. The first kappa shape index (κ1) is 19.5. The number of anilines is 1. The van der Waals surface area contributed by atoms with Gasteiger partial charge in [-0.25, -0.2) is 4.98 Å². The predicted molar refractivity (Wildman–Crippen MR) is 138 cm³/mol. The topological polar surface area (TPSA) is 65.9 Å². The Morgan fingerprint density at radius 3 is 2.21 bits per heavy atom. The molecular weight excluding hydrogens is 422 g/mol. The SMILES string of the molecule is CN1CCN(c2c(-c3nc4c5cccnc5c5ncccc5c4[nH]3)c3ccccc3n2C)CC1. The van der Waals surface area contributed by atoms with Crippen molar-refractivity contribution in [2.24, 2.45) is 7.05 Å². The number of hydrogen-bond acceptors (Lipinski definition) is 5. The largest absolute Gasteiger partial charge is 0.355 e. The number of fused-ring (bicyclic) bond motifs is 7. The monoisotopic (exact) mass is 447 g/mol. The standard InChI is InChI=1S/C27H25N7/c1-32-13-15-34(16-14-32)27-21(17-7-3-4-10-20(17)33(27)2)26-30-24-18-8-5-11-28-22(18)23-19(25(24)31-26)9-6-12-29-23/h3-12H,13-16H2,1-2H3,(H,30,31). The second-order valence-electron chi connectivity index (χ2n) is 9.17. The lowest BCUT2D eigenvalue weighted by atomic mass is 10.1. The van der Waals surface area contributed by atoms with E-state index in [0.717, 1.165) is 70.4 Å². The molecule has 0 radical (unpaired) electrons. The summed E-state index contributed by atoms with van der Waals surface area (Å²) in [7, 11) is 4.36. The van der Waals surface area contributed by atoms with Crippen molar-refractivity contribution < 1.29 is 0 Å². The van der Waals surface area contributed by atoms with Gasteiger partial charge in [0.05, 0.1) is 33.1 Å². The highest BCUT2D eigenvalue weighted by Crippen LogP contribution is 2.41. The van der Waals surface area contributed by atoms with Gasteiger partial charge in [-0.1, -0.05) is 18.2 Å². The van der Waals surface area contributed by atoms with Crippen molar-refractivity contribution in [1.82, 2.24) is 29.4 Å². The number of aryl methyl sites for hydroxylation is 1. The van der Waals surface area contributed by atoms with Crippen LogP contribution in [0.15, 0.2) is 60.9 Å². The second kappa shape index (κ2) is 7.27. The van der Waals surface area contributed by atoms with Gasteiger partial charge in [0.1, 0.15) is 11.6 Å². The van der Waals surface area contributed by atoms with Crippen LogP contribution in [0.3, 0.4) is 0 Å². The van der Waals surface area contributed by atoms with E-state index in [1.54, 1.807) is 0 Å². The molecule has 5 heterocycles. The van der Waals surface area contributed by atoms with Crippen molar-refractivity contribution in [2.45, 2.75) is 0 Å². The van der Waals surface area contributed by atoms with Gasteiger partial charge < -0.3 is 19.4 Å². The molecule has 1 aliphatic heterocycles. The summed E-state index contributed by atoms with van der Waals surface area (Å²) in [5.74, 6) is 2.11. The maximum atomic E-state index is 5.22. The molecule has 34 heavy (non-hydrogen) atoms. The van der Waals surface area contributed by atoms with Crippen LogP contribution in [0.4, 0.5) is 5.82 Å². The van der Waals surface area contributed by atoms with Crippen LogP contribution in [0.1, 0.15) is 0 Å². The maximum absolute atomic E-state index is 5.22. The predicted octanol–water partition coefficient (Wildman–Crippen LogP) is 4.57. The number of rotatable bonds is 2. The molecule has 0 bridgehead atoms. The van der Waals surface area contributed by atoms with Gasteiger partial charge in [0.15, 0.2) is 0 Å². The number of aromatic nitrogens is 5. The van der Waals surface area contributed by atoms with Gasteiger partial charge in [0.2, 0.25) is 0 Å². The van der Waals surface area contributed by atoms with E-state index < -0.39 is 0 Å². The zero-order valence-corrected chi connectivity index (χ0v) is 19.3. The highest BCUT2D eigenvalue weighted by molar-refractivity contribution is 6.21. The van der Waals surface area contributed by atoms with Crippen molar-refractivity contribution in [3.8, 4) is 11.4 Å². The van der Waals surface area contributed by atoms with Crippen molar-refractivity contribution in [1.29, 1.82) is 0 Å². The minimum Gasteiger partial charge on any atom is -0.355 e. The van der Waals surface area contributed by atoms with E-state index in [1.807, 2.05) is 24.5 Å². The van der Waals surface area contributed by atoms with E-state index in [4.69, 9.17) is 4.98 Å². The fourth-order valence-corrected chi connectivity index (χ4v) is 5.46. The number of pyridine rings is 2. The summed E-state index contributed by atoms with van der Waals surface area (Å²) in [6, 6.07) is 16.8. The third-order valence-electron chi connectivity index (χ3n) is 7.18. The van der Waals surface area contributed by atoms with E-state index in [-0.39, 0.29) is 0 Å². The van der Waals surface area contributed by atoms with E-state index in [0.29, 0.717) is 0 Å². The molecule has 4 aromatic heterocycles. The van der Waals surface area contributed by atoms with E-state index in [1.165, 1.54) is 16.7 Å². The number of nitrogens with zero attached hydrogens (tertiary/aromatic N) is 6. The van der Waals surface area contributed by atoms with E-state index in [9.17, 15) is 0 Å². The third-order valence-corrected chi connectivity index (χ3v) is 7.18. The van der Waals surface area contributed by atoms with Crippen LogP contribution in [-0.4, -0.2) is 62.6 Å². The lowest BCUT2D eigenvalue weighted by Gasteiger charge is -2.34. The molecule has 1 fully saturated rings. The fourth-order valence-electron chi connectivity index (χ4n) is 5.46. The van der Waals surface area contributed by atoms with Crippen LogP contribution in [-0.2, 0) is 7.05 Å². The van der Waals surface area contributed by atoms with Crippen molar-refractivity contribution in [3.63, 3.8) is 0 Å². The zero-order chi connectivity index (χ0) is 22.8. The average Bonchev–Trinajstić information content (AvgIpc) is 3.45. The molecule has 2 aromatic carbocycles. The Balaban J connectivity index is 1.56. The van der Waals surface area contributed by atoms with E-state index >= 15 is 0 Å². The molecule has 0 saturated carbocycles. The van der Waals surface area contributed by atoms with E-state index in [2.05, 4.69) is 79.8 Å². The smallest absolute Gasteiger partial charge is 0.142 e. The molecule has 7 nitrogen and oxygen atoms in total. The molecule has 1 aliphatic rings. The zero-order valence-electron chi connectivity index (χ0n) is 19.3. The molecule has 0 amide bonds. The Bertz CT molecular complexity index is 1630. The fraction of sp³-hybridized carbons (Fsp3) is 0.222. The number of para-hydroxylation sites is 1. The molecule has 0 aliphatic carbocycles. The molecule has 6 aromatic rings. The first-order valence-electron chi connectivity index (χ1n) is 11.7. The molecule has 1 saturated heterocycles. The van der Waals surface area contributed by atoms with Crippen molar-refractivity contribution in [2.75, 3.05) is 38.1 Å². The number of likely N-dealkylation sites (N-methyl/N-ethyl adjacent to an activating group) is 1. The number of imidazole rings is 1. The molecule has 1 N–H and O–H groups in total. The highest BCUT2D eigenvalue weighted by atomic mass is 15.3. The van der Waals surface area contributed by atoms with Crippen molar-refractivity contribution in [3.05, 3.63) is 60.9 Å². The van der Waals surface area contributed by atoms with Crippen LogP contribution >= 0.6 is 0 Å². The molecule has 0 atom stereocenters. The van der Waals surface area contributed by atoms with Gasteiger partial charge in [-0.15, -0.1) is 0 Å². The summed E-state index contributed by atoms with van der Waals surface area (Å²) in [6.07, 6.45) is 3.65. The minimum atomic E-state index is 0.890. The Morgan fingerprint density at radius 2 is 1.41 bits per heavy atom. The van der Waals surface area contributed by atoms with Crippen LogP contribution in [0.2, 0.25) is 0 Å². The molecule has 7 rings (SSSR count). The van der Waals surface area contributed by atoms with Gasteiger partial charge in [0, 0.05) is 61.8 Å². The van der Waals surface area contributed by atoms with Crippen LogP contribution in [0.5, 0.6) is 0 Å². The van der Waals surface area contributed by atoms with Gasteiger partial charge in [-0.3, -0.25) is 9.97 Å². The summed E-state index contributed by atoms with van der Waals surface area (Å²) in [4.78, 5) is 23.1. The lowest BCUT2D eigenvalue weighted by molar-refractivity contribution is 0.311. The Hall–Kier alpha value is -3.97. The lowest BCUT2D eigenvalue weighted by Crippen LogP contribution is -2.45. The number of piperazine rings is 1. The molecule has 7 heteroatoms. The van der Waals surface area contributed by atoms with Gasteiger partial charge in [0.25, 0.3) is 0 Å². The first-order valence-corrected chi connectivity index (χ1v) is 11.7. The maximum Gasteiger partial charge on any atom is 0.142 e. The molecule has 0 unspecified atom stereocenters. The second-order valence-corrected chi connectivity index (χ2v) is 9.17. The third kappa shape index (κ3) is 2.70. The summed E-state index contributed by atoms with van der Waals surface area (Å²) >= 11 is 0.